The molecule has 8 N–H and O–H groups in total. The van der Waals surface area contributed by atoms with E-state index in [2.05, 4.69) is 0 Å². The first-order valence-corrected chi connectivity index (χ1v) is 10.2. The lowest BCUT2D eigenvalue weighted by Gasteiger charge is -2.25. The molecular weight excluding hydrogens is 358 g/mol. The fourth-order valence-corrected chi connectivity index (χ4v) is 3.41. The maximum Gasteiger partial charge on any atom is 0.326 e. The van der Waals surface area contributed by atoms with Crippen molar-refractivity contribution in [3.8, 4) is 0 Å². The first-order valence-electron chi connectivity index (χ1n) is 6.56. The Morgan fingerprint density at radius 1 is 0.957 bits per heavy atom. The molecule has 0 aliphatic carbocycles. The number of aliphatic hydroxyl groups excluding tert-OH is 4. The second-order valence-electron chi connectivity index (χ2n) is 5.16. The van der Waals surface area contributed by atoms with Crippen molar-refractivity contribution in [3.63, 3.8) is 0 Å². The predicted molar refractivity (Wildman–Crippen MR) is 76.7 cm³/mol. The molecule has 0 aromatic carbocycles. The van der Waals surface area contributed by atoms with Crippen molar-refractivity contribution in [3.05, 3.63) is 0 Å². The topological polar surface area (TPSA) is 213 Å². The molecule has 0 amide bonds. The second kappa shape index (κ2) is 9.33. The Morgan fingerprint density at radius 2 is 1.48 bits per heavy atom. The van der Waals surface area contributed by atoms with Crippen LogP contribution in [0.5, 0.6) is 0 Å². The van der Waals surface area contributed by atoms with Gasteiger partial charge < -0.3 is 40.0 Å². The summed E-state index contributed by atoms with van der Waals surface area (Å²) in [5, 5.41) is 36.9. The van der Waals surface area contributed by atoms with E-state index in [4.69, 9.17) is 24.7 Å². The summed E-state index contributed by atoms with van der Waals surface area (Å²) in [6.07, 6.45) is -8.28. The van der Waals surface area contributed by atoms with E-state index in [1.54, 1.807) is 0 Å². The van der Waals surface area contributed by atoms with Gasteiger partial charge in [-0.05, 0) is 12.8 Å². The smallest absolute Gasteiger partial charge is 0.326 e. The SMILES string of the molecule is O=C(C(CCCP(=O)(O)O)CP(=O)(O)O)[C@H](O)[C@H](O)[C@H](O)CO. The van der Waals surface area contributed by atoms with E-state index in [0.717, 1.165) is 0 Å². The van der Waals surface area contributed by atoms with E-state index in [-0.39, 0.29) is 12.8 Å². The summed E-state index contributed by atoms with van der Waals surface area (Å²) in [4.78, 5) is 47.3. The maximum absolute atomic E-state index is 12.0. The molecule has 0 saturated heterocycles. The van der Waals surface area contributed by atoms with Gasteiger partial charge in [0.15, 0.2) is 5.78 Å². The van der Waals surface area contributed by atoms with Crippen LogP contribution in [0.25, 0.3) is 0 Å². The van der Waals surface area contributed by atoms with E-state index in [0.29, 0.717) is 0 Å². The summed E-state index contributed by atoms with van der Waals surface area (Å²) in [7, 11) is -9.03. The van der Waals surface area contributed by atoms with Gasteiger partial charge in [-0.3, -0.25) is 13.9 Å². The number of rotatable bonds is 11. The highest BCUT2D eigenvalue weighted by atomic mass is 31.2. The van der Waals surface area contributed by atoms with Crippen LogP contribution in [0.4, 0.5) is 0 Å². The van der Waals surface area contributed by atoms with E-state index >= 15 is 0 Å². The summed E-state index contributed by atoms with van der Waals surface area (Å²) in [6, 6.07) is 0. The summed E-state index contributed by atoms with van der Waals surface area (Å²) in [6.45, 7) is -0.952. The van der Waals surface area contributed by atoms with Crippen molar-refractivity contribution in [1.82, 2.24) is 0 Å². The number of ketones is 1. The molecule has 11 nitrogen and oxygen atoms in total. The fraction of sp³-hybridized carbons (Fsp3) is 0.900. The molecule has 0 spiro atoms. The molecule has 0 bridgehead atoms. The molecule has 0 saturated carbocycles. The molecule has 0 aromatic heterocycles. The molecular formula is C10H22O11P2. The lowest BCUT2D eigenvalue weighted by atomic mass is 9.92. The number of carbonyl (C=O) groups excluding carboxylic acids is 1. The molecule has 0 fully saturated rings. The van der Waals surface area contributed by atoms with Crippen molar-refractivity contribution in [2.75, 3.05) is 18.9 Å². The van der Waals surface area contributed by atoms with E-state index in [1.165, 1.54) is 0 Å². The zero-order valence-corrected chi connectivity index (χ0v) is 13.8. The number of hydrogen-bond acceptors (Lipinski definition) is 7. The van der Waals surface area contributed by atoms with Crippen LogP contribution in [0.3, 0.4) is 0 Å². The Labute approximate surface area is 131 Å². The first-order chi connectivity index (χ1) is 10.3. The van der Waals surface area contributed by atoms with Crippen molar-refractivity contribution in [2.45, 2.75) is 31.2 Å². The van der Waals surface area contributed by atoms with Gasteiger partial charge in [-0.25, -0.2) is 0 Å². The number of carbonyl (C=O) groups is 1. The van der Waals surface area contributed by atoms with E-state index in [1.807, 2.05) is 0 Å². The molecule has 0 rings (SSSR count). The number of hydrogen-bond donors (Lipinski definition) is 8. The number of aliphatic hydroxyl groups is 4. The molecule has 1 unspecified atom stereocenters. The maximum atomic E-state index is 12.0. The van der Waals surface area contributed by atoms with Crippen molar-refractivity contribution < 1.29 is 53.9 Å². The van der Waals surface area contributed by atoms with Gasteiger partial charge in [-0.15, -0.1) is 0 Å². The lowest BCUT2D eigenvalue weighted by molar-refractivity contribution is -0.143. The zero-order chi connectivity index (χ0) is 18.4. The molecule has 23 heavy (non-hydrogen) atoms. The second-order valence-corrected chi connectivity index (χ2v) is 8.63. The van der Waals surface area contributed by atoms with E-state index < -0.39 is 64.1 Å². The van der Waals surface area contributed by atoms with Crippen molar-refractivity contribution in [1.29, 1.82) is 0 Å². The molecule has 13 heteroatoms. The van der Waals surface area contributed by atoms with Gasteiger partial charge in [-0.2, -0.15) is 0 Å². The summed E-state index contributed by atoms with van der Waals surface area (Å²) in [5.74, 6) is -2.67. The number of Topliss-reactive ketones (excluding diaryl/α,β-unsaturated/α-hetero) is 1. The fourth-order valence-electron chi connectivity index (χ4n) is 1.88. The largest absolute Gasteiger partial charge is 0.394 e. The Hall–Kier alpha value is -0.190. The molecule has 0 aromatic rings. The van der Waals surface area contributed by atoms with Crippen LogP contribution in [-0.2, 0) is 13.9 Å². The minimum absolute atomic E-state index is 0.244. The Bertz CT molecular complexity index is 469. The highest BCUT2D eigenvalue weighted by Gasteiger charge is 2.36. The average molecular weight is 380 g/mol. The van der Waals surface area contributed by atoms with Gasteiger partial charge in [0.1, 0.15) is 18.3 Å². The van der Waals surface area contributed by atoms with Gasteiger partial charge in [0.25, 0.3) is 0 Å². The van der Waals surface area contributed by atoms with Crippen LogP contribution in [0.1, 0.15) is 12.8 Å². The summed E-state index contributed by atoms with van der Waals surface area (Å²) in [5.41, 5.74) is 0. The van der Waals surface area contributed by atoms with Crippen molar-refractivity contribution in [2.24, 2.45) is 5.92 Å². The zero-order valence-electron chi connectivity index (χ0n) is 12.0. The summed E-state index contributed by atoms with van der Waals surface area (Å²) < 4.78 is 21.8. The monoisotopic (exact) mass is 380 g/mol. The molecule has 0 heterocycles. The van der Waals surface area contributed by atoms with Gasteiger partial charge in [-0.1, -0.05) is 0 Å². The van der Waals surface area contributed by atoms with Crippen LogP contribution in [0.15, 0.2) is 0 Å². The average Bonchev–Trinajstić information content (AvgIpc) is 2.40. The van der Waals surface area contributed by atoms with E-state index in [9.17, 15) is 29.2 Å². The van der Waals surface area contributed by atoms with Crippen LogP contribution in [-0.4, -0.2) is 83.0 Å². The third kappa shape index (κ3) is 9.63. The normalized spacial score (nSPS) is 18.3. The molecule has 138 valence electrons. The Balaban J connectivity index is 5.00. The van der Waals surface area contributed by atoms with Crippen molar-refractivity contribution >= 4 is 21.0 Å². The molecule has 4 atom stereocenters. The Kier molecular flexibility index (Phi) is 9.26. The van der Waals surface area contributed by atoms with Gasteiger partial charge in [0.2, 0.25) is 0 Å². The minimum atomic E-state index is -4.68. The summed E-state index contributed by atoms with van der Waals surface area (Å²) >= 11 is 0. The van der Waals surface area contributed by atoms with Crippen LogP contribution >= 0.6 is 15.2 Å². The minimum Gasteiger partial charge on any atom is -0.394 e. The third-order valence-electron chi connectivity index (χ3n) is 3.06. The first kappa shape index (κ1) is 22.8. The van der Waals surface area contributed by atoms with Gasteiger partial charge in [0.05, 0.1) is 12.8 Å². The van der Waals surface area contributed by atoms with Gasteiger partial charge >= 0.3 is 15.2 Å². The quantitative estimate of drug-likeness (QED) is 0.174. The predicted octanol–water partition coefficient (Wildman–Crippen LogP) is -2.62. The third-order valence-corrected chi connectivity index (χ3v) is 4.87. The highest BCUT2D eigenvalue weighted by Crippen LogP contribution is 2.40. The lowest BCUT2D eigenvalue weighted by Crippen LogP contribution is -2.46. The van der Waals surface area contributed by atoms with Gasteiger partial charge in [0, 0.05) is 12.1 Å². The van der Waals surface area contributed by atoms with Crippen LogP contribution in [0.2, 0.25) is 0 Å². The van der Waals surface area contributed by atoms with Crippen LogP contribution in [0, 0.1) is 5.92 Å². The molecule has 0 radical (unpaired) electrons. The molecule has 0 aliphatic heterocycles. The Morgan fingerprint density at radius 3 is 1.87 bits per heavy atom. The highest BCUT2D eigenvalue weighted by molar-refractivity contribution is 7.52. The molecule has 0 aliphatic rings. The standard InChI is InChI=1S/C10H22O11P2/c11-4-7(12)9(14)10(15)8(13)6(5-23(19,20)21)2-1-3-22(16,17)18/h6-7,9-12,14-15H,1-5H2,(H2,16,17,18)(H2,19,20,21)/t6?,7-,9-,10+/m1/s1. The van der Waals surface area contributed by atoms with Crippen LogP contribution < -0.4 is 0 Å².